The fourth-order valence-corrected chi connectivity index (χ4v) is 3.65. The van der Waals surface area contributed by atoms with E-state index in [2.05, 4.69) is 40.8 Å². The molecule has 0 saturated heterocycles. The molecule has 2 aliphatic carbocycles. The normalized spacial score (nSPS) is 29.5. The summed E-state index contributed by atoms with van der Waals surface area (Å²) in [7, 11) is 0. The van der Waals surface area contributed by atoms with Gasteiger partial charge in [0.2, 0.25) is 0 Å². The molecule has 13 heavy (non-hydrogen) atoms. The highest BCUT2D eigenvalue weighted by Crippen LogP contribution is 2.52. The van der Waals surface area contributed by atoms with Crippen LogP contribution in [0.4, 0.5) is 0 Å². The summed E-state index contributed by atoms with van der Waals surface area (Å²) < 4.78 is 1.34. The van der Waals surface area contributed by atoms with E-state index in [9.17, 15) is 4.79 Å². The van der Waals surface area contributed by atoms with Gasteiger partial charge in [0, 0.05) is 15.9 Å². The van der Waals surface area contributed by atoms with Gasteiger partial charge in [0.15, 0.2) is 0 Å². The zero-order valence-corrected chi connectivity index (χ0v) is 9.24. The number of halogens is 1. The van der Waals surface area contributed by atoms with Gasteiger partial charge in [-0.25, -0.2) is 0 Å². The van der Waals surface area contributed by atoms with Gasteiger partial charge in [-0.05, 0) is 52.1 Å². The molecular weight excluding hydrogens is 275 g/mol. The Hall–Kier alpha value is -0.380. The Labute approximate surface area is 90.7 Å². The quantitative estimate of drug-likeness (QED) is 0.669. The number of ketones is 1. The number of fused-ring (bicyclic) bond motifs is 5. The summed E-state index contributed by atoms with van der Waals surface area (Å²) in [6, 6.07) is 6.33. The molecule has 2 heteroatoms. The SMILES string of the molecule is O=C1C[C@H]2C[C@H]1c1cccc(I)c12. The molecule has 0 radical (unpaired) electrons. The van der Waals surface area contributed by atoms with Gasteiger partial charge in [-0.15, -0.1) is 0 Å². The van der Waals surface area contributed by atoms with Crippen LogP contribution in [0, 0.1) is 3.57 Å². The zero-order chi connectivity index (χ0) is 9.00. The number of rotatable bonds is 0. The molecule has 0 aliphatic heterocycles. The van der Waals surface area contributed by atoms with Gasteiger partial charge in [-0.2, -0.15) is 0 Å². The molecule has 2 atom stereocenters. The van der Waals surface area contributed by atoms with E-state index in [1.165, 1.54) is 14.7 Å². The topological polar surface area (TPSA) is 17.1 Å². The number of Topliss-reactive ketones (excluding diaryl/α,β-unsaturated/α-hetero) is 1. The van der Waals surface area contributed by atoms with Crippen molar-refractivity contribution >= 4 is 28.4 Å². The highest BCUT2D eigenvalue weighted by Gasteiger charge is 2.43. The first kappa shape index (κ1) is 7.97. The van der Waals surface area contributed by atoms with Crippen molar-refractivity contribution in [2.75, 3.05) is 0 Å². The van der Waals surface area contributed by atoms with E-state index in [-0.39, 0.29) is 5.92 Å². The summed E-state index contributed by atoms with van der Waals surface area (Å²) in [5.74, 6) is 1.25. The number of carbonyl (C=O) groups is 1. The maximum Gasteiger partial charge on any atom is 0.140 e. The molecule has 2 aliphatic rings. The number of hydrogen-bond acceptors (Lipinski definition) is 1. The van der Waals surface area contributed by atoms with E-state index in [1.807, 2.05) is 0 Å². The number of carbonyl (C=O) groups excluding carboxylic acids is 1. The second kappa shape index (κ2) is 2.56. The minimum atomic E-state index is 0.245. The van der Waals surface area contributed by atoms with Crippen molar-refractivity contribution in [1.82, 2.24) is 0 Å². The highest BCUT2D eigenvalue weighted by molar-refractivity contribution is 14.1. The standard InChI is InChI=1S/C11H9IO/c12-9-3-1-2-7-8-4-6(11(7)9)5-10(8)13/h1-3,6,8H,4-5H2/t6-,8+/m1/s1. The van der Waals surface area contributed by atoms with Crippen LogP contribution in [0.15, 0.2) is 18.2 Å². The van der Waals surface area contributed by atoms with Gasteiger partial charge in [-0.1, -0.05) is 12.1 Å². The summed E-state index contributed by atoms with van der Waals surface area (Å²) in [4.78, 5) is 11.5. The monoisotopic (exact) mass is 284 g/mol. The molecule has 0 amide bonds. The molecular formula is C11H9IO. The Morgan fingerprint density at radius 1 is 1.38 bits per heavy atom. The first-order valence-corrected chi connectivity index (χ1v) is 5.66. The van der Waals surface area contributed by atoms with Gasteiger partial charge in [-0.3, -0.25) is 4.79 Å². The third-order valence-electron chi connectivity index (χ3n) is 3.23. The molecule has 0 heterocycles. The fourth-order valence-electron chi connectivity index (χ4n) is 2.69. The number of benzene rings is 1. The lowest BCUT2D eigenvalue weighted by Gasteiger charge is -2.15. The fraction of sp³-hybridized carbons (Fsp3) is 0.364. The van der Waals surface area contributed by atoms with Crippen LogP contribution in [0.2, 0.25) is 0 Å². The van der Waals surface area contributed by atoms with E-state index >= 15 is 0 Å². The Morgan fingerprint density at radius 2 is 2.23 bits per heavy atom. The van der Waals surface area contributed by atoms with E-state index in [4.69, 9.17) is 0 Å². The maximum atomic E-state index is 11.5. The minimum absolute atomic E-state index is 0.245. The van der Waals surface area contributed by atoms with Gasteiger partial charge < -0.3 is 0 Å². The molecule has 1 saturated carbocycles. The summed E-state index contributed by atoms with van der Waals surface area (Å²) in [5.41, 5.74) is 2.78. The van der Waals surface area contributed by atoms with Crippen LogP contribution < -0.4 is 0 Å². The van der Waals surface area contributed by atoms with Crippen molar-refractivity contribution in [1.29, 1.82) is 0 Å². The summed E-state index contributed by atoms with van der Waals surface area (Å²) in [6.45, 7) is 0. The first-order chi connectivity index (χ1) is 6.27. The molecule has 2 bridgehead atoms. The van der Waals surface area contributed by atoms with Crippen LogP contribution in [0.25, 0.3) is 0 Å². The molecule has 0 spiro atoms. The Morgan fingerprint density at radius 3 is 3.08 bits per heavy atom. The first-order valence-electron chi connectivity index (χ1n) is 4.58. The average molecular weight is 284 g/mol. The second-order valence-electron chi connectivity index (χ2n) is 3.90. The van der Waals surface area contributed by atoms with Crippen molar-refractivity contribution in [3.63, 3.8) is 0 Å². The maximum absolute atomic E-state index is 11.5. The Bertz CT molecular complexity index is 397. The average Bonchev–Trinajstić information content (AvgIpc) is 2.61. The van der Waals surface area contributed by atoms with Crippen LogP contribution in [0.5, 0.6) is 0 Å². The third kappa shape index (κ3) is 0.951. The summed E-state index contributed by atoms with van der Waals surface area (Å²) in [6.07, 6.45) is 1.87. The van der Waals surface area contributed by atoms with Gasteiger partial charge in [0.05, 0.1) is 0 Å². The second-order valence-corrected chi connectivity index (χ2v) is 5.06. The van der Waals surface area contributed by atoms with Crippen molar-refractivity contribution in [2.24, 2.45) is 0 Å². The third-order valence-corrected chi connectivity index (χ3v) is 4.17. The largest absolute Gasteiger partial charge is 0.299 e. The summed E-state index contributed by atoms with van der Waals surface area (Å²) >= 11 is 2.38. The molecule has 1 aromatic rings. The molecule has 3 rings (SSSR count). The predicted molar refractivity (Wildman–Crippen MR) is 58.9 cm³/mol. The van der Waals surface area contributed by atoms with Crippen LogP contribution in [-0.4, -0.2) is 5.78 Å². The molecule has 0 aromatic heterocycles. The van der Waals surface area contributed by atoms with Crippen LogP contribution in [-0.2, 0) is 4.79 Å². The summed E-state index contributed by atoms with van der Waals surface area (Å²) in [5, 5.41) is 0. The highest BCUT2D eigenvalue weighted by atomic mass is 127. The minimum Gasteiger partial charge on any atom is -0.299 e. The lowest BCUT2D eigenvalue weighted by Crippen LogP contribution is -2.09. The van der Waals surface area contributed by atoms with Gasteiger partial charge in [0.25, 0.3) is 0 Å². The zero-order valence-electron chi connectivity index (χ0n) is 7.09. The van der Waals surface area contributed by atoms with E-state index in [0.29, 0.717) is 11.7 Å². The van der Waals surface area contributed by atoms with Crippen LogP contribution >= 0.6 is 22.6 Å². The Balaban J connectivity index is 2.26. The lowest BCUT2D eigenvalue weighted by molar-refractivity contribution is -0.118. The van der Waals surface area contributed by atoms with E-state index in [1.54, 1.807) is 0 Å². The predicted octanol–water partition coefficient (Wildman–Crippen LogP) is 2.83. The van der Waals surface area contributed by atoms with E-state index in [0.717, 1.165) is 12.8 Å². The molecule has 66 valence electrons. The van der Waals surface area contributed by atoms with Crippen LogP contribution in [0.3, 0.4) is 0 Å². The molecule has 0 N–H and O–H groups in total. The van der Waals surface area contributed by atoms with Crippen molar-refractivity contribution in [2.45, 2.75) is 24.7 Å². The molecule has 1 nitrogen and oxygen atoms in total. The van der Waals surface area contributed by atoms with Crippen molar-refractivity contribution < 1.29 is 4.79 Å². The van der Waals surface area contributed by atoms with E-state index < -0.39 is 0 Å². The number of hydrogen-bond donors (Lipinski definition) is 0. The molecule has 1 fully saturated rings. The molecule has 0 unspecified atom stereocenters. The lowest BCUT2D eigenvalue weighted by atomic mass is 9.91. The van der Waals surface area contributed by atoms with Crippen molar-refractivity contribution in [3.8, 4) is 0 Å². The molecule has 1 aromatic carbocycles. The van der Waals surface area contributed by atoms with Gasteiger partial charge >= 0.3 is 0 Å². The smallest absolute Gasteiger partial charge is 0.140 e. The van der Waals surface area contributed by atoms with Gasteiger partial charge in [0.1, 0.15) is 5.78 Å². The van der Waals surface area contributed by atoms with Crippen LogP contribution in [0.1, 0.15) is 35.8 Å². The Kier molecular flexibility index (Phi) is 1.57. The van der Waals surface area contributed by atoms with Crippen molar-refractivity contribution in [3.05, 3.63) is 32.9 Å².